The molecule has 1 saturated heterocycles. The SMILES string of the molecule is CN(C(=O)NC(=O)/C=C/C(=O)O)C1CCOCC1. The highest BCUT2D eigenvalue weighted by molar-refractivity contribution is 6.02. The molecule has 0 aromatic heterocycles. The number of urea groups is 1. The Kier molecular flexibility index (Phi) is 5.31. The Morgan fingerprint density at radius 3 is 2.44 bits per heavy atom. The molecule has 0 radical (unpaired) electrons. The molecule has 1 aliphatic rings. The van der Waals surface area contributed by atoms with Crippen molar-refractivity contribution in [3.63, 3.8) is 0 Å². The van der Waals surface area contributed by atoms with Crippen molar-refractivity contribution in [2.75, 3.05) is 20.3 Å². The molecule has 1 aliphatic heterocycles. The Morgan fingerprint density at radius 2 is 1.89 bits per heavy atom. The highest BCUT2D eigenvalue weighted by Gasteiger charge is 2.22. The molecule has 1 rings (SSSR count). The largest absolute Gasteiger partial charge is 0.478 e. The van der Waals surface area contributed by atoms with Crippen LogP contribution in [0.15, 0.2) is 12.2 Å². The summed E-state index contributed by atoms with van der Waals surface area (Å²) >= 11 is 0. The molecule has 2 N–H and O–H groups in total. The van der Waals surface area contributed by atoms with Gasteiger partial charge in [0, 0.05) is 38.5 Å². The van der Waals surface area contributed by atoms with Crippen molar-refractivity contribution in [3.8, 4) is 0 Å². The van der Waals surface area contributed by atoms with Crippen LogP contribution < -0.4 is 5.32 Å². The van der Waals surface area contributed by atoms with Crippen molar-refractivity contribution >= 4 is 17.9 Å². The van der Waals surface area contributed by atoms with Gasteiger partial charge in [-0.1, -0.05) is 0 Å². The number of amides is 3. The smallest absolute Gasteiger partial charge is 0.328 e. The molecule has 7 nitrogen and oxygen atoms in total. The third kappa shape index (κ3) is 4.54. The number of nitrogens with one attached hydrogen (secondary N) is 1. The van der Waals surface area contributed by atoms with Gasteiger partial charge in [-0.15, -0.1) is 0 Å². The average molecular weight is 256 g/mol. The Balaban J connectivity index is 2.43. The van der Waals surface area contributed by atoms with Crippen LogP contribution in [0.4, 0.5) is 4.79 Å². The van der Waals surface area contributed by atoms with Crippen molar-refractivity contribution in [2.24, 2.45) is 0 Å². The molecule has 1 fully saturated rings. The summed E-state index contributed by atoms with van der Waals surface area (Å²) in [6.45, 7) is 1.18. The Bertz CT molecular complexity index is 360. The van der Waals surface area contributed by atoms with Crippen molar-refractivity contribution in [3.05, 3.63) is 12.2 Å². The molecule has 0 saturated carbocycles. The van der Waals surface area contributed by atoms with Crippen LogP contribution in [-0.4, -0.2) is 54.2 Å². The lowest BCUT2D eigenvalue weighted by molar-refractivity contribution is -0.131. The van der Waals surface area contributed by atoms with Crippen molar-refractivity contribution in [1.82, 2.24) is 10.2 Å². The zero-order chi connectivity index (χ0) is 13.5. The van der Waals surface area contributed by atoms with Gasteiger partial charge in [0.1, 0.15) is 0 Å². The van der Waals surface area contributed by atoms with Crippen LogP contribution in [0.2, 0.25) is 0 Å². The van der Waals surface area contributed by atoms with E-state index in [1.165, 1.54) is 4.90 Å². The zero-order valence-corrected chi connectivity index (χ0v) is 10.1. The van der Waals surface area contributed by atoms with Crippen LogP contribution in [0.25, 0.3) is 0 Å². The Labute approximate surface area is 104 Å². The van der Waals surface area contributed by atoms with Crippen LogP contribution in [0.3, 0.4) is 0 Å². The molecule has 0 atom stereocenters. The molecule has 0 bridgehead atoms. The molecular weight excluding hydrogens is 240 g/mol. The van der Waals surface area contributed by atoms with Crippen molar-refractivity contribution in [2.45, 2.75) is 18.9 Å². The summed E-state index contributed by atoms with van der Waals surface area (Å²) in [4.78, 5) is 34.5. The van der Waals surface area contributed by atoms with E-state index in [9.17, 15) is 14.4 Å². The first-order chi connectivity index (χ1) is 8.50. The van der Waals surface area contributed by atoms with Crippen LogP contribution in [0.1, 0.15) is 12.8 Å². The molecule has 3 amide bonds. The van der Waals surface area contributed by atoms with E-state index >= 15 is 0 Å². The number of aliphatic carboxylic acids is 1. The highest BCUT2D eigenvalue weighted by atomic mass is 16.5. The first-order valence-electron chi connectivity index (χ1n) is 5.57. The maximum Gasteiger partial charge on any atom is 0.328 e. The van der Waals surface area contributed by atoms with Crippen LogP contribution in [0.5, 0.6) is 0 Å². The van der Waals surface area contributed by atoms with Crippen LogP contribution in [-0.2, 0) is 14.3 Å². The number of nitrogens with zero attached hydrogens (tertiary/aromatic N) is 1. The fourth-order valence-corrected chi connectivity index (χ4v) is 1.62. The van der Waals surface area contributed by atoms with Gasteiger partial charge in [-0.3, -0.25) is 10.1 Å². The molecule has 0 aromatic carbocycles. The Morgan fingerprint density at radius 1 is 1.28 bits per heavy atom. The van der Waals surface area contributed by atoms with Gasteiger partial charge in [0.25, 0.3) is 5.91 Å². The van der Waals surface area contributed by atoms with E-state index < -0.39 is 17.9 Å². The standard InChI is InChI=1S/C11H16N2O5/c1-13(8-4-6-18-7-5-8)11(17)12-9(14)2-3-10(15)16/h2-3,8H,4-7H2,1H3,(H,15,16)(H,12,14,17)/b3-2+. The molecular formula is C11H16N2O5. The number of hydrogen-bond acceptors (Lipinski definition) is 4. The van der Waals surface area contributed by atoms with Gasteiger partial charge in [-0.05, 0) is 12.8 Å². The number of carbonyl (C=O) groups is 3. The third-order valence-electron chi connectivity index (χ3n) is 2.67. The lowest BCUT2D eigenvalue weighted by Gasteiger charge is -2.30. The minimum Gasteiger partial charge on any atom is -0.478 e. The molecule has 0 spiro atoms. The van der Waals surface area contributed by atoms with Gasteiger partial charge >= 0.3 is 12.0 Å². The van der Waals surface area contributed by atoms with E-state index in [2.05, 4.69) is 5.32 Å². The summed E-state index contributed by atoms with van der Waals surface area (Å²) in [5.41, 5.74) is 0. The molecule has 0 unspecified atom stereocenters. The topological polar surface area (TPSA) is 95.9 Å². The van der Waals surface area contributed by atoms with E-state index in [1.54, 1.807) is 7.05 Å². The van der Waals surface area contributed by atoms with E-state index in [4.69, 9.17) is 9.84 Å². The second-order valence-electron chi connectivity index (χ2n) is 3.92. The number of carboxylic acids is 1. The van der Waals surface area contributed by atoms with Crippen LogP contribution >= 0.6 is 0 Å². The van der Waals surface area contributed by atoms with Crippen molar-refractivity contribution in [1.29, 1.82) is 0 Å². The van der Waals surface area contributed by atoms with E-state index in [0.29, 0.717) is 19.3 Å². The zero-order valence-electron chi connectivity index (χ0n) is 10.1. The summed E-state index contributed by atoms with van der Waals surface area (Å²) in [6, 6.07) is -0.503. The maximum atomic E-state index is 11.7. The molecule has 0 aromatic rings. The number of carboxylic acid groups (broad SMARTS) is 1. The van der Waals surface area contributed by atoms with Crippen molar-refractivity contribution < 1.29 is 24.2 Å². The molecule has 1 heterocycles. The minimum atomic E-state index is -1.24. The van der Waals surface area contributed by atoms with Gasteiger partial charge in [0.2, 0.25) is 0 Å². The second-order valence-corrected chi connectivity index (χ2v) is 3.92. The quantitative estimate of drug-likeness (QED) is 0.691. The summed E-state index contributed by atoms with van der Waals surface area (Å²) in [6.07, 6.45) is 2.93. The summed E-state index contributed by atoms with van der Waals surface area (Å²) in [5, 5.41) is 10.4. The number of rotatable bonds is 3. The predicted molar refractivity (Wildman–Crippen MR) is 61.9 cm³/mol. The first-order valence-corrected chi connectivity index (χ1v) is 5.57. The predicted octanol–water partition coefficient (Wildman–Crippen LogP) is -0.0258. The van der Waals surface area contributed by atoms with Gasteiger partial charge in [-0.2, -0.15) is 0 Å². The summed E-state index contributed by atoms with van der Waals surface area (Å²) in [7, 11) is 1.60. The summed E-state index contributed by atoms with van der Waals surface area (Å²) < 4.78 is 5.17. The molecule has 18 heavy (non-hydrogen) atoms. The van der Waals surface area contributed by atoms with Gasteiger partial charge in [0.15, 0.2) is 0 Å². The van der Waals surface area contributed by atoms with E-state index in [1.807, 2.05) is 0 Å². The van der Waals surface area contributed by atoms with Gasteiger partial charge < -0.3 is 14.7 Å². The average Bonchev–Trinajstić information content (AvgIpc) is 2.36. The molecule has 100 valence electrons. The minimum absolute atomic E-state index is 0.0370. The fourth-order valence-electron chi connectivity index (χ4n) is 1.62. The molecule has 7 heteroatoms. The monoisotopic (exact) mass is 256 g/mol. The number of carbonyl (C=O) groups excluding carboxylic acids is 2. The lowest BCUT2D eigenvalue weighted by Crippen LogP contribution is -2.47. The summed E-state index contributed by atoms with van der Waals surface area (Å²) in [5.74, 6) is -1.99. The second kappa shape index (κ2) is 6.75. The van der Waals surface area contributed by atoms with E-state index in [-0.39, 0.29) is 6.04 Å². The Hall–Kier alpha value is -1.89. The number of imide groups is 1. The number of ether oxygens (including phenoxy) is 1. The van der Waals surface area contributed by atoms with Crippen LogP contribution in [0, 0.1) is 0 Å². The van der Waals surface area contributed by atoms with E-state index in [0.717, 1.165) is 18.9 Å². The fraction of sp³-hybridized carbons (Fsp3) is 0.545. The number of hydrogen-bond donors (Lipinski definition) is 2. The molecule has 0 aliphatic carbocycles. The lowest BCUT2D eigenvalue weighted by atomic mass is 10.1. The normalized spacial score (nSPS) is 16.5. The highest BCUT2D eigenvalue weighted by Crippen LogP contribution is 2.12. The van der Waals surface area contributed by atoms with Gasteiger partial charge in [0.05, 0.1) is 0 Å². The maximum absolute atomic E-state index is 11.7. The first kappa shape index (κ1) is 14.2. The van der Waals surface area contributed by atoms with Gasteiger partial charge in [-0.25, -0.2) is 9.59 Å². The third-order valence-corrected chi connectivity index (χ3v) is 2.67.